The van der Waals surface area contributed by atoms with Gasteiger partial charge < -0.3 is 22.8 Å². The van der Waals surface area contributed by atoms with Crippen LogP contribution in [0.15, 0.2) is 78.9 Å². The summed E-state index contributed by atoms with van der Waals surface area (Å²) in [5.41, 5.74) is 9.29. The van der Waals surface area contributed by atoms with Crippen LogP contribution in [0.1, 0.15) is 88.6 Å². The first kappa shape index (κ1) is 33.3. The van der Waals surface area contributed by atoms with E-state index in [4.69, 9.17) is 0 Å². The second-order valence-corrected chi connectivity index (χ2v) is 29.8. The van der Waals surface area contributed by atoms with Crippen molar-refractivity contribution in [2.75, 3.05) is 49.0 Å². The fourth-order valence-electron chi connectivity index (χ4n) is 9.14. The van der Waals surface area contributed by atoms with Crippen molar-refractivity contribution in [3.63, 3.8) is 0 Å². The summed E-state index contributed by atoms with van der Waals surface area (Å²) in [6, 6.07) is 28.2. The quantitative estimate of drug-likeness (QED) is 0.255. The first-order valence-corrected chi connectivity index (χ1v) is 23.0. The Bertz CT molecular complexity index is 1650. The van der Waals surface area contributed by atoms with E-state index in [0.717, 1.165) is 26.2 Å². The maximum absolute atomic E-state index is 3.07. The minimum atomic E-state index is -2.88. The normalized spacial score (nSPS) is 20.7. The second kappa shape index (κ2) is 10.7. The second-order valence-electron chi connectivity index (χ2n) is 19.7. The van der Waals surface area contributed by atoms with Crippen molar-refractivity contribution < 1.29 is 0 Å². The molecule has 2 spiro atoms. The summed E-state index contributed by atoms with van der Waals surface area (Å²) >= 11 is 0. The van der Waals surface area contributed by atoms with E-state index in [1.54, 1.807) is 0 Å². The zero-order chi connectivity index (χ0) is 34.7. The van der Waals surface area contributed by atoms with Crippen LogP contribution in [0, 0.1) is 21.7 Å². The van der Waals surface area contributed by atoms with Crippen molar-refractivity contribution in [2.24, 2.45) is 21.7 Å². The van der Waals surface area contributed by atoms with Crippen molar-refractivity contribution in [2.45, 2.75) is 88.7 Å². The lowest BCUT2D eigenvalue weighted by Crippen LogP contribution is -3.09. The molecule has 0 aliphatic carbocycles. The predicted molar refractivity (Wildman–Crippen MR) is 213 cm³/mol. The molecule has 48 heavy (non-hydrogen) atoms. The zero-order valence-corrected chi connectivity index (χ0v) is 33.7. The predicted octanol–water partition coefficient (Wildman–Crippen LogP) is 9.74. The van der Waals surface area contributed by atoms with Crippen molar-refractivity contribution in [3.05, 3.63) is 84.4 Å². The molecule has 5 nitrogen and oxygen atoms in total. The Labute approximate surface area is 293 Å². The molecule has 1 saturated heterocycles. The van der Waals surface area contributed by atoms with Gasteiger partial charge in [-0.3, -0.25) is 0 Å². The molecule has 0 amide bonds. The molecule has 1 fully saturated rings. The zero-order valence-electron chi connectivity index (χ0n) is 31.7. The van der Waals surface area contributed by atoms with Gasteiger partial charge >= 0.3 is 16.0 Å². The molecule has 0 saturated carbocycles. The number of benzene rings is 3. The minimum Gasteiger partial charge on any atom is -0.375 e. The maximum atomic E-state index is 3.07. The van der Waals surface area contributed by atoms with E-state index in [2.05, 4.69) is 191 Å². The monoisotopic (exact) mass is 677 g/mol. The topological polar surface area (TPSA) is 16.2 Å². The van der Waals surface area contributed by atoms with Crippen molar-refractivity contribution >= 4 is 50.5 Å². The highest BCUT2D eigenvalue weighted by molar-refractivity contribution is 7.54. The van der Waals surface area contributed by atoms with Crippen molar-refractivity contribution in [3.8, 4) is 0 Å². The van der Waals surface area contributed by atoms with E-state index in [0.29, 0.717) is 5.67 Å². The van der Waals surface area contributed by atoms with Crippen molar-refractivity contribution in [1.82, 2.24) is 0 Å². The van der Waals surface area contributed by atoms with Gasteiger partial charge in [0, 0.05) is 31.9 Å². The number of rotatable bonds is 4. The van der Waals surface area contributed by atoms with E-state index in [-0.39, 0.29) is 21.7 Å². The molecule has 7 rings (SSSR count). The molecule has 4 aliphatic rings. The van der Waals surface area contributed by atoms with Gasteiger partial charge in [-0.15, -0.1) is 0 Å². The summed E-state index contributed by atoms with van der Waals surface area (Å²) in [5.74, 6) is 0. The standard InChI is InChI=1S/C41H59N5Si2/c1-38(2,3)27-42-33-21-15-16-22-34(33)43(28-39(4,5)6)47(42)37-26-25-31-19-13-14-20-32(31)46(37)48(47)44(29-40(7,8)9)35-23-17-18-24-36(35)45(48)30-41(10,11)12/h13-26,37H,27-30H2,1-12H3. The summed E-state index contributed by atoms with van der Waals surface area (Å²) in [5, 5.41) is 0. The van der Waals surface area contributed by atoms with E-state index in [1.165, 1.54) is 34.0 Å². The molecule has 1 atom stereocenters. The summed E-state index contributed by atoms with van der Waals surface area (Å²) < 4.78 is 15.3. The number of hydrogen-bond acceptors (Lipinski definition) is 5. The molecule has 1 unspecified atom stereocenters. The van der Waals surface area contributed by atoms with Gasteiger partial charge in [-0.05, 0) is 57.6 Å². The van der Waals surface area contributed by atoms with E-state index in [1.807, 2.05) is 0 Å². The number of hydrogen-bond donors (Lipinski definition) is 0. The van der Waals surface area contributed by atoms with Crippen molar-refractivity contribution in [1.29, 1.82) is 0 Å². The van der Waals surface area contributed by atoms with Crippen LogP contribution >= 0.6 is 0 Å². The summed E-state index contributed by atoms with van der Waals surface area (Å²) in [6.07, 6.45) is 5.10. The number of nitrogens with zero attached hydrogens (tertiary/aromatic N) is 5. The molecule has 0 bridgehead atoms. The fraction of sp³-hybridized carbons (Fsp3) is 0.512. The third-order valence-corrected chi connectivity index (χ3v) is 26.5. The molecule has 3 aromatic carbocycles. The Morgan fingerprint density at radius 1 is 0.458 bits per heavy atom. The molecule has 0 N–H and O–H groups in total. The van der Waals surface area contributed by atoms with Gasteiger partial charge in [0.1, 0.15) is 0 Å². The first-order chi connectivity index (χ1) is 22.3. The van der Waals surface area contributed by atoms with Gasteiger partial charge in [0.25, 0.3) is 0 Å². The molecular formula is C41H59N5Si2. The molecule has 4 heterocycles. The van der Waals surface area contributed by atoms with Crippen LogP contribution in [0.5, 0.6) is 0 Å². The van der Waals surface area contributed by atoms with Crippen LogP contribution in [0.3, 0.4) is 0 Å². The van der Waals surface area contributed by atoms with E-state index in [9.17, 15) is 0 Å². The van der Waals surface area contributed by atoms with Crippen LogP contribution in [-0.4, -0.2) is 47.8 Å². The molecule has 7 heteroatoms. The van der Waals surface area contributed by atoms with Crippen LogP contribution in [0.25, 0.3) is 6.08 Å². The highest BCUT2D eigenvalue weighted by Crippen LogP contribution is 2.64. The first-order valence-electron chi connectivity index (χ1n) is 18.1. The number of anilines is 5. The third kappa shape index (κ3) is 4.89. The summed E-state index contributed by atoms with van der Waals surface area (Å²) in [7, 11) is -5.62. The summed E-state index contributed by atoms with van der Waals surface area (Å²) in [4.78, 5) is 0. The Balaban J connectivity index is 1.65. The van der Waals surface area contributed by atoms with Crippen LogP contribution < -0.4 is 22.8 Å². The lowest BCUT2D eigenvalue weighted by molar-refractivity contribution is 0.413. The SMILES string of the molecule is CC(C)(C)CN1c2ccccc2N(CC(C)(C)C)[Si]12C1C=Cc3ccccc3N1[Si]21N(CC(C)(C)C)c2ccccc2N1CC(C)(C)C. The van der Waals surface area contributed by atoms with Crippen LogP contribution in [0.4, 0.5) is 28.4 Å². The highest BCUT2D eigenvalue weighted by Gasteiger charge is 2.90. The third-order valence-electron chi connectivity index (χ3n) is 10.2. The molecule has 0 aromatic heterocycles. The molecule has 256 valence electrons. The maximum Gasteiger partial charge on any atom is 0.410 e. The minimum absolute atomic E-state index is 0.103. The molecule has 3 aromatic rings. The molecule has 4 aliphatic heterocycles. The fourth-order valence-corrected chi connectivity index (χ4v) is 30.8. The highest BCUT2D eigenvalue weighted by atomic mass is 29.3. The lowest BCUT2D eigenvalue weighted by Gasteiger charge is -2.74. The lowest BCUT2D eigenvalue weighted by atomic mass is 9.96. The Morgan fingerprint density at radius 3 is 1.19 bits per heavy atom. The molecular weight excluding hydrogens is 619 g/mol. The van der Waals surface area contributed by atoms with E-state index < -0.39 is 16.0 Å². The Morgan fingerprint density at radius 2 is 0.792 bits per heavy atom. The summed E-state index contributed by atoms with van der Waals surface area (Å²) in [6.45, 7) is 33.5. The average molecular weight is 678 g/mol. The van der Waals surface area contributed by atoms with Gasteiger partial charge in [0.15, 0.2) is 0 Å². The van der Waals surface area contributed by atoms with Gasteiger partial charge in [-0.1, -0.05) is 138 Å². The molecule has 0 radical (unpaired) electrons. The number of fused-ring (bicyclic) bond motifs is 8. The van der Waals surface area contributed by atoms with Gasteiger partial charge in [0.2, 0.25) is 0 Å². The Hall–Kier alpha value is -3.17. The Kier molecular flexibility index (Phi) is 7.41. The average Bonchev–Trinajstić information content (AvgIpc) is 3.38. The van der Waals surface area contributed by atoms with Gasteiger partial charge in [-0.2, -0.15) is 0 Å². The van der Waals surface area contributed by atoms with Crippen LogP contribution in [0.2, 0.25) is 0 Å². The van der Waals surface area contributed by atoms with Crippen LogP contribution in [-0.2, 0) is 0 Å². The number of para-hydroxylation sites is 5. The van der Waals surface area contributed by atoms with Gasteiger partial charge in [0.05, 0.1) is 28.4 Å². The largest absolute Gasteiger partial charge is 0.410 e. The van der Waals surface area contributed by atoms with Gasteiger partial charge in [-0.25, -0.2) is 0 Å². The smallest absolute Gasteiger partial charge is 0.375 e. The van der Waals surface area contributed by atoms with E-state index >= 15 is 0 Å².